The highest BCUT2D eigenvalue weighted by Crippen LogP contribution is 2.31. The summed E-state index contributed by atoms with van der Waals surface area (Å²) in [6.07, 6.45) is 2.40. The molecule has 0 aliphatic carbocycles. The SMILES string of the molecule is CCC(O)(CC)CN1CCc2ccc(F)cc21. The van der Waals surface area contributed by atoms with Crippen molar-refractivity contribution >= 4 is 5.69 Å². The molecule has 0 saturated carbocycles. The van der Waals surface area contributed by atoms with E-state index in [1.807, 2.05) is 19.9 Å². The summed E-state index contributed by atoms with van der Waals surface area (Å²) < 4.78 is 13.2. The van der Waals surface area contributed by atoms with Gasteiger partial charge in [-0.2, -0.15) is 0 Å². The zero-order valence-electron chi connectivity index (χ0n) is 10.5. The van der Waals surface area contributed by atoms with E-state index in [2.05, 4.69) is 4.90 Å². The van der Waals surface area contributed by atoms with Gasteiger partial charge >= 0.3 is 0 Å². The molecular weight excluding hydrogens is 217 g/mol. The zero-order valence-corrected chi connectivity index (χ0v) is 10.5. The number of anilines is 1. The normalized spacial score (nSPS) is 15.2. The molecule has 2 nitrogen and oxygen atoms in total. The Morgan fingerprint density at radius 2 is 2.06 bits per heavy atom. The van der Waals surface area contributed by atoms with Crippen LogP contribution >= 0.6 is 0 Å². The minimum Gasteiger partial charge on any atom is -0.388 e. The fourth-order valence-electron chi connectivity index (χ4n) is 2.41. The second-order valence-electron chi connectivity index (χ2n) is 4.88. The van der Waals surface area contributed by atoms with E-state index < -0.39 is 5.60 Å². The Morgan fingerprint density at radius 1 is 1.35 bits per heavy atom. The lowest BCUT2D eigenvalue weighted by Crippen LogP contribution is -2.41. The van der Waals surface area contributed by atoms with Gasteiger partial charge in [0.25, 0.3) is 0 Å². The molecule has 3 heteroatoms. The van der Waals surface area contributed by atoms with E-state index in [-0.39, 0.29) is 5.82 Å². The largest absolute Gasteiger partial charge is 0.388 e. The number of hydrogen-bond acceptors (Lipinski definition) is 2. The number of aliphatic hydroxyl groups is 1. The maximum Gasteiger partial charge on any atom is 0.125 e. The molecule has 1 aliphatic heterocycles. The summed E-state index contributed by atoms with van der Waals surface area (Å²) in [6.45, 7) is 5.45. The molecule has 1 aromatic rings. The van der Waals surface area contributed by atoms with E-state index >= 15 is 0 Å². The molecule has 1 aromatic carbocycles. The molecule has 0 saturated heterocycles. The smallest absolute Gasteiger partial charge is 0.125 e. The lowest BCUT2D eigenvalue weighted by molar-refractivity contribution is 0.0397. The van der Waals surface area contributed by atoms with Crippen molar-refractivity contribution in [2.45, 2.75) is 38.7 Å². The van der Waals surface area contributed by atoms with Gasteiger partial charge in [-0.15, -0.1) is 0 Å². The van der Waals surface area contributed by atoms with Gasteiger partial charge in [0.2, 0.25) is 0 Å². The third-order valence-corrected chi connectivity index (χ3v) is 3.84. The van der Waals surface area contributed by atoms with Crippen LogP contribution in [-0.2, 0) is 6.42 Å². The molecule has 0 bridgehead atoms. The molecule has 94 valence electrons. The van der Waals surface area contributed by atoms with Gasteiger partial charge < -0.3 is 10.0 Å². The van der Waals surface area contributed by atoms with Crippen LogP contribution in [0.1, 0.15) is 32.3 Å². The van der Waals surface area contributed by atoms with Crippen molar-refractivity contribution in [1.82, 2.24) is 0 Å². The Labute approximate surface area is 102 Å². The molecule has 0 fully saturated rings. The van der Waals surface area contributed by atoms with Crippen molar-refractivity contribution in [2.24, 2.45) is 0 Å². The van der Waals surface area contributed by atoms with Gasteiger partial charge in [0, 0.05) is 18.8 Å². The van der Waals surface area contributed by atoms with Crippen molar-refractivity contribution in [3.63, 3.8) is 0 Å². The maximum absolute atomic E-state index is 13.2. The summed E-state index contributed by atoms with van der Waals surface area (Å²) in [5, 5.41) is 10.3. The molecule has 0 unspecified atom stereocenters. The number of β-amino-alcohol motifs (C(OH)–C–C–N with tert-alkyl or cyclic N) is 1. The van der Waals surface area contributed by atoms with Crippen molar-refractivity contribution in [3.05, 3.63) is 29.6 Å². The molecule has 17 heavy (non-hydrogen) atoms. The summed E-state index contributed by atoms with van der Waals surface area (Å²) in [7, 11) is 0. The standard InChI is InChI=1S/C14H20FNO/c1-3-14(17,4-2)10-16-8-7-11-5-6-12(15)9-13(11)16/h5-6,9,17H,3-4,7-8,10H2,1-2H3. The molecule has 0 spiro atoms. The Kier molecular flexibility index (Phi) is 3.38. The van der Waals surface area contributed by atoms with Gasteiger partial charge in [-0.25, -0.2) is 4.39 Å². The van der Waals surface area contributed by atoms with Crippen molar-refractivity contribution in [3.8, 4) is 0 Å². The predicted molar refractivity (Wildman–Crippen MR) is 67.8 cm³/mol. The first-order valence-corrected chi connectivity index (χ1v) is 6.34. The molecule has 0 radical (unpaired) electrons. The lowest BCUT2D eigenvalue weighted by atomic mass is 9.97. The van der Waals surface area contributed by atoms with Gasteiger partial charge in [0.15, 0.2) is 0 Å². The summed E-state index contributed by atoms with van der Waals surface area (Å²) in [5.41, 5.74) is 1.47. The third-order valence-electron chi connectivity index (χ3n) is 3.84. The van der Waals surface area contributed by atoms with E-state index in [0.717, 1.165) is 31.5 Å². The van der Waals surface area contributed by atoms with Gasteiger partial charge in [-0.1, -0.05) is 19.9 Å². The first kappa shape index (κ1) is 12.4. The summed E-state index contributed by atoms with van der Waals surface area (Å²) in [5.74, 6) is -0.202. The fourth-order valence-corrected chi connectivity index (χ4v) is 2.41. The van der Waals surface area contributed by atoms with Crippen LogP contribution in [0.25, 0.3) is 0 Å². The highest BCUT2D eigenvalue weighted by Gasteiger charge is 2.29. The Bertz CT molecular complexity index is 401. The number of rotatable bonds is 4. The molecule has 1 heterocycles. The summed E-state index contributed by atoms with van der Waals surface area (Å²) in [6, 6.07) is 4.93. The fraction of sp³-hybridized carbons (Fsp3) is 0.571. The second kappa shape index (κ2) is 4.65. The van der Waals surface area contributed by atoms with Crippen LogP contribution in [0.4, 0.5) is 10.1 Å². The molecule has 0 amide bonds. The average Bonchev–Trinajstić information content (AvgIpc) is 2.72. The van der Waals surface area contributed by atoms with Crippen LogP contribution in [0.15, 0.2) is 18.2 Å². The highest BCUT2D eigenvalue weighted by atomic mass is 19.1. The minimum atomic E-state index is -0.659. The first-order valence-electron chi connectivity index (χ1n) is 6.34. The van der Waals surface area contributed by atoms with Crippen LogP contribution in [0.2, 0.25) is 0 Å². The monoisotopic (exact) mass is 237 g/mol. The van der Waals surface area contributed by atoms with Crippen molar-refractivity contribution < 1.29 is 9.50 Å². The molecule has 0 aromatic heterocycles. The summed E-state index contributed by atoms with van der Waals surface area (Å²) in [4.78, 5) is 2.10. The van der Waals surface area contributed by atoms with Crippen LogP contribution in [0.5, 0.6) is 0 Å². The quantitative estimate of drug-likeness (QED) is 0.870. The molecular formula is C14H20FNO. The van der Waals surface area contributed by atoms with E-state index in [0.29, 0.717) is 6.54 Å². The van der Waals surface area contributed by atoms with Crippen LogP contribution < -0.4 is 4.90 Å². The van der Waals surface area contributed by atoms with E-state index in [4.69, 9.17) is 0 Å². The van der Waals surface area contributed by atoms with E-state index in [9.17, 15) is 9.50 Å². The number of nitrogens with zero attached hydrogens (tertiary/aromatic N) is 1. The minimum absolute atomic E-state index is 0.202. The predicted octanol–water partition coefficient (Wildman–Crippen LogP) is 2.74. The Balaban J connectivity index is 2.19. The Hall–Kier alpha value is -1.09. The lowest BCUT2D eigenvalue weighted by Gasteiger charge is -2.32. The third kappa shape index (κ3) is 2.44. The molecule has 0 atom stereocenters. The molecule has 1 N–H and O–H groups in total. The molecule has 1 aliphatic rings. The second-order valence-corrected chi connectivity index (χ2v) is 4.88. The van der Waals surface area contributed by atoms with Crippen LogP contribution in [0.3, 0.4) is 0 Å². The van der Waals surface area contributed by atoms with Gasteiger partial charge in [0.05, 0.1) is 5.60 Å². The zero-order chi connectivity index (χ0) is 12.5. The van der Waals surface area contributed by atoms with E-state index in [1.165, 1.54) is 11.6 Å². The first-order chi connectivity index (χ1) is 8.08. The number of benzene rings is 1. The van der Waals surface area contributed by atoms with E-state index in [1.54, 1.807) is 6.07 Å². The van der Waals surface area contributed by atoms with Crippen molar-refractivity contribution in [2.75, 3.05) is 18.0 Å². The van der Waals surface area contributed by atoms with Crippen LogP contribution in [-0.4, -0.2) is 23.8 Å². The number of halogens is 1. The maximum atomic E-state index is 13.2. The van der Waals surface area contributed by atoms with Gasteiger partial charge in [-0.3, -0.25) is 0 Å². The highest BCUT2D eigenvalue weighted by molar-refractivity contribution is 5.58. The van der Waals surface area contributed by atoms with Crippen LogP contribution in [0, 0.1) is 5.82 Å². The topological polar surface area (TPSA) is 23.5 Å². The Morgan fingerprint density at radius 3 is 2.71 bits per heavy atom. The van der Waals surface area contributed by atoms with Gasteiger partial charge in [-0.05, 0) is 37.0 Å². The number of hydrogen-bond donors (Lipinski definition) is 1. The average molecular weight is 237 g/mol. The molecule has 2 rings (SSSR count). The van der Waals surface area contributed by atoms with Gasteiger partial charge in [0.1, 0.15) is 5.82 Å². The number of fused-ring (bicyclic) bond motifs is 1. The summed E-state index contributed by atoms with van der Waals surface area (Å²) >= 11 is 0. The van der Waals surface area contributed by atoms with Crippen molar-refractivity contribution in [1.29, 1.82) is 0 Å².